The third-order valence-corrected chi connectivity index (χ3v) is 4.15. The Labute approximate surface area is 109 Å². The molecule has 0 bridgehead atoms. The van der Waals surface area contributed by atoms with Gasteiger partial charge in [-0.2, -0.15) is 0 Å². The molecule has 1 N–H and O–H groups in total. The molecule has 4 heteroatoms. The maximum absolute atomic E-state index is 14.0. The van der Waals surface area contributed by atoms with Crippen molar-refractivity contribution < 1.29 is 8.78 Å². The Kier molecular flexibility index (Phi) is 3.78. The summed E-state index contributed by atoms with van der Waals surface area (Å²) in [4.78, 5) is 1.01. The summed E-state index contributed by atoms with van der Waals surface area (Å²) in [7, 11) is 1.75. The van der Waals surface area contributed by atoms with Gasteiger partial charge < -0.3 is 5.32 Å². The molecule has 0 saturated heterocycles. The summed E-state index contributed by atoms with van der Waals surface area (Å²) in [6, 6.07) is 4.93. The first-order valence-electron chi connectivity index (χ1n) is 5.72. The van der Waals surface area contributed by atoms with Crippen molar-refractivity contribution in [2.75, 3.05) is 7.05 Å². The molecule has 1 aromatic heterocycles. The van der Waals surface area contributed by atoms with Crippen LogP contribution in [-0.2, 0) is 0 Å². The minimum Gasteiger partial charge on any atom is -0.309 e. The molecule has 0 aliphatic rings. The van der Waals surface area contributed by atoms with E-state index in [-0.39, 0.29) is 6.04 Å². The molecule has 1 nitrogen and oxygen atoms in total. The quantitative estimate of drug-likeness (QED) is 0.887. The summed E-state index contributed by atoms with van der Waals surface area (Å²) in [5, 5.41) is 5.01. The molecule has 1 unspecified atom stereocenters. The third-order valence-electron chi connectivity index (χ3n) is 3.07. The third kappa shape index (κ3) is 2.18. The number of thiophene rings is 1. The van der Waals surface area contributed by atoms with E-state index in [0.29, 0.717) is 11.1 Å². The number of hydrogen-bond acceptors (Lipinski definition) is 2. The van der Waals surface area contributed by atoms with Crippen LogP contribution < -0.4 is 5.32 Å². The average molecular weight is 267 g/mol. The Morgan fingerprint density at radius 3 is 2.33 bits per heavy atom. The van der Waals surface area contributed by atoms with E-state index >= 15 is 0 Å². The van der Waals surface area contributed by atoms with E-state index in [0.717, 1.165) is 10.4 Å². The van der Waals surface area contributed by atoms with Gasteiger partial charge in [-0.3, -0.25) is 0 Å². The van der Waals surface area contributed by atoms with Crippen molar-refractivity contribution in [3.8, 4) is 0 Å². The lowest BCUT2D eigenvalue weighted by molar-refractivity contribution is 0.483. The zero-order valence-corrected chi connectivity index (χ0v) is 11.4. The summed E-state index contributed by atoms with van der Waals surface area (Å²) in [6.45, 7) is 3.53. The van der Waals surface area contributed by atoms with E-state index < -0.39 is 11.6 Å². The molecule has 0 radical (unpaired) electrons. The molecule has 0 spiro atoms. The van der Waals surface area contributed by atoms with Crippen LogP contribution in [0.4, 0.5) is 8.78 Å². The highest BCUT2D eigenvalue weighted by atomic mass is 32.1. The number of benzene rings is 1. The Balaban J connectivity index is 2.53. The zero-order valence-electron chi connectivity index (χ0n) is 10.6. The van der Waals surface area contributed by atoms with Gasteiger partial charge in [0.05, 0.1) is 6.04 Å². The zero-order chi connectivity index (χ0) is 13.3. The molecule has 96 valence electrons. The number of hydrogen-bond donors (Lipinski definition) is 1. The second kappa shape index (κ2) is 5.16. The van der Waals surface area contributed by atoms with Crippen molar-refractivity contribution in [3.05, 3.63) is 56.8 Å². The van der Waals surface area contributed by atoms with Crippen molar-refractivity contribution in [1.29, 1.82) is 0 Å². The van der Waals surface area contributed by atoms with Gasteiger partial charge in [-0.05, 0) is 43.5 Å². The summed E-state index contributed by atoms with van der Waals surface area (Å²) in [5.74, 6) is -1.52. The van der Waals surface area contributed by atoms with Crippen LogP contribution >= 0.6 is 11.3 Å². The van der Waals surface area contributed by atoms with Crippen LogP contribution in [-0.4, -0.2) is 7.05 Å². The van der Waals surface area contributed by atoms with E-state index in [1.807, 2.05) is 18.4 Å². The van der Waals surface area contributed by atoms with Crippen molar-refractivity contribution >= 4 is 11.3 Å². The molecule has 0 aliphatic carbocycles. The van der Waals surface area contributed by atoms with E-state index in [4.69, 9.17) is 0 Å². The fourth-order valence-corrected chi connectivity index (χ4v) is 3.05. The van der Waals surface area contributed by atoms with Crippen LogP contribution in [0.5, 0.6) is 0 Å². The first-order valence-corrected chi connectivity index (χ1v) is 6.60. The summed E-state index contributed by atoms with van der Waals surface area (Å²) in [6.07, 6.45) is 0. The van der Waals surface area contributed by atoms with Gasteiger partial charge in [0.2, 0.25) is 0 Å². The maximum Gasteiger partial charge on any atom is 0.164 e. The molecule has 1 aromatic carbocycles. The average Bonchev–Trinajstić information content (AvgIpc) is 2.77. The Bertz CT molecular complexity index is 563. The van der Waals surface area contributed by atoms with E-state index in [1.54, 1.807) is 37.4 Å². The van der Waals surface area contributed by atoms with E-state index in [9.17, 15) is 8.78 Å². The van der Waals surface area contributed by atoms with Gasteiger partial charge in [-0.25, -0.2) is 8.78 Å². The predicted octanol–water partition coefficient (Wildman–Crippen LogP) is 3.95. The van der Waals surface area contributed by atoms with Gasteiger partial charge >= 0.3 is 0 Å². The highest BCUT2D eigenvalue weighted by molar-refractivity contribution is 7.10. The van der Waals surface area contributed by atoms with Gasteiger partial charge in [0.1, 0.15) is 0 Å². The highest BCUT2D eigenvalue weighted by Gasteiger charge is 2.21. The standard InChI is InChI=1S/C14H15F2NS/c1-8-4-5-10(12(16)11(8)15)13(17-3)14-9(2)6-7-18-14/h4-7,13,17H,1-3H3. The van der Waals surface area contributed by atoms with Crippen LogP contribution in [0.15, 0.2) is 23.6 Å². The molecule has 1 atom stereocenters. The first kappa shape index (κ1) is 13.2. The van der Waals surface area contributed by atoms with Gasteiger partial charge in [-0.15, -0.1) is 11.3 Å². The fourth-order valence-electron chi connectivity index (χ4n) is 1.99. The van der Waals surface area contributed by atoms with Crippen LogP contribution in [0.25, 0.3) is 0 Å². The molecule has 1 heterocycles. The highest BCUT2D eigenvalue weighted by Crippen LogP contribution is 2.31. The molecule has 18 heavy (non-hydrogen) atoms. The van der Waals surface area contributed by atoms with Gasteiger partial charge in [0.25, 0.3) is 0 Å². The molecule has 0 fully saturated rings. The maximum atomic E-state index is 14.0. The smallest absolute Gasteiger partial charge is 0.164 e. The number of aryl methyl sites for hydroxylation is 2. The summed E-state index contributed by atoms with van der Waals surface area (Å²) < 4.78 is 27.6. The number of halogens is 2. The monoisotopic (exact) mass is 267 g/mol. The Morgan fingerprint density at radius 1 is 1.06 bits per heavy atom. The van der Waals surface area contributed by atoms with Crippen LogP contribution in [0.1, 0.15) is 27.6 Å². The number of rotatable bonds is 3. The molecular formula is C14H15F2NS. The molecule has 2 aromatic rings. The SMILES string of the molecule is CNC(c1ccc(C)c(F)c1F)c1sccc1C. The van der Waals surface area contributed by atoms with E-state index in [2.05, 4.69) is 5.32 Å². The molecular weight excluding hydrogens is 252 g/mol. The normalized spacial score (nSPS) is 12.7. The molecule has 2 rings (SSSR count). The van der Waals surface area contributed by atoms with Crippen molar-refractivity contribution in [1.82, 2.24) is 5.32 Å². The van der Waals surface area contributed by atoms with Gasteiger partial charge in [-0.1, -0.05) is 12.1 Å². The second-order valence-corrected chi connectivity index (χ2v) is 5.24. The lowest BCUT2D eigenvalue weighted by atomic mass is 10.0. The van der Waals surface area contributed by atoms with Crippen LogP contribution in [0.3, 0.4) is 0 Å². The topological polar surface area (TPSA) is 12.0 Å². The van der Waals surface area contributed by atoms with Crippen molar-refractivity contribution in [2.45, 2.75) is 19.9 Å². The van der Waals surface area contributed by atoms with Crippen LogP contribution in [0.2, 0.25) is 0 Å². The summed E-state index contributed by atoms with van der Waals surface area (Å²) in [5.41, 5.74) is 1.76. The largest absolute Gasteiger partial charge is 0.309 e. The minimum absolute atomic E-state index is 0.305. The second-order valence-electron chi connectivity index (χ2n) is 4.29. The predicted molar refractivity (Wildman–Crippen MR) is 71.1 cm³/mol. The van der Waals surface area contributed by atoms with Crippen LogP contribution in [0, 0.1) is 25.5 Å². The molecule has 0 amide bonds. The summed E-state index contributed by atoms with van der Waals surface area (Å²) >= 11 is 1.54. The minimum atomic E-state index is -0.762. The lowest BCUT2D eigenvalue weighted by Crippen LogP contribution is -2.19. The van der Waals surface area contributed by atoms with Crippen molar-refractivity contribution in [3.63, 3.8) is 0 Å². The van der Waals surface area contributed by atoms with Gasteiger partial charge in [0.15, 0.2) is 11.6 Å². The molecule has 0 aliphatic heterocycles. The Hall–Kier alpha value is -1.26. The Morgan fingerprint density at radius 2 is 1.78 bits per heavy atom. The van der Waals surface area contributed by atoms with E-state index in [1.165, 1.54) is 0 Å². The lowest BCUT2D eigenvalue weighted by Gasteiger charge is -2.18. The first-order chi connectivity index (χ1) is 8.56. The van der Waals surface area contributed by atoms with Crippen molar-refractivity contribution in [2.24, 2.45) is 0 Å². The fraction of sp³-hybridized carbons (Fsp3) is 0.286. The van der Waals surface area contributed by atoms with Gasteiger partial charge in [0, 0.05) is 10.4 Å². The molecule has 0 saturated carbocycles. The number of nitrogens with one attached hydrogen (secondary N) is 1.